The Labute approximate surface area is 218 Å². The molecule has 0 bridgehead atoms. The molecule has 0 aliphatic heterocycles. The van der Waals surface area contributed by atoms with Crippen LogP contribution in [0.5, 0.6) is 23.0 Å². The molecule has 7 nitrogen and oxygen atoms in total. The van der Waals surface area contributed by atoms with Crippen LogP contribution in [0.1, 0.15) is 12.5 Å². The van der Waals surface area contributed by atoms with E-state index in [0.29, 0.717) is 22.1 Å². The van der Waals surface area contributed by atoms with E-state index in [0.717, 1.165) is 0 Å². The molecule has 8 heteroatoms. The Hall–Kier alpha value is -5.29. The van der Waals surface area contributed by atoms with Crippen LogP contribution in [0.15, 0.2) is 109 Å². The number of ether oxygens (including phenoxy) is 3. The van der Waals surface area contributed by atoms with Crippen LogP contribution < -0.4 is 14.2 Å². The van der Waals surface area contributed by atoms with E-state index >= 15 is 0 Å². The first-order valence-corrected chi connectivity index (χ1v) is 11.5. The maximum atomic E-state index is 13.1. The number of carbonyl (C=O) groups is 2. The zero-order chi connectivity index (χ0) is 26.7. The Morgan fingerprint density at radius 3 is 2.00 bits per heavy atom. The fourth-order valence-corrected chi connectivity index (χ4v) is 3.11. The molecule has 0 N–H and O–H groups in total. The Kier molecular flexibility index (Phi) is 8.56. The van der Waals surface area contributed by atoms with Gasteiger partial charge in [-0.2, -0.15) is 0 Å². The minimum Gasteiger partial charge on any atom is -0.457 e. The lowest BCUT2D eigenvalue weighted by Crippen LogP contribution is -2.42. The summed E-state index contributed by atoms with van der Waals surface area (Å²) < 4.78 is 29.4. The van der Waals surface area contributed by atoms with Crippen molar-refractivity contribution in [2.24, 2.45) is 0 Å². The maximum Gasteiger partial charge on any atom is 0.539 e. The van der Waals surface area contributed by atoms with Crippen LogP contribution in [0.2, 0.25) is 0 Å². The minimum atomic E-state index is -1.13. The molecule has 190 valence electrons. The summed E-state index contributed by atoms with van der Waals surface area (Å²) in [4.78, 5) is 30.5. The number of hydrogen-bond acceptors (Lipinski definition) is 6. The number of halogens is 1. The van der Waals surface area contributed by atoms with E-state index in [1.807, 2.05) is 0 Å². The van der Waals surface area contributed by atoms with Gasteiger partial charge in [-0.05, 0) is 73.7 Å². The van der Waals surface area contributed by atoms with Gasteiger partial charge in [-0.15, -0.1) is 5.06 Å². The fourth-order valence-electron chi connectivity index (χ4n) is 3.11. The number of hydroxylamine groups is 2. The highest BCUT2D eigenvalue weighted by Gasteiger charge is 2.27. The summed E-state index contributed by atoms with van der Waals surface area (Å²) in [5.41, 5.74) is 0.569. The second-order valence-electron chi connectivity index (χ2n) is 7.79. The number of rotatable bonds is 5. The van der Waals surface area contributed by atoms with Crippen molar-refractivity contribution in [2.75, 3.05) is 0 Å². The van der Waals surface area contributed by atoms with Gasteiger partial charge < -0.3 is 14.2 Å². The summed E-state index contributed by atoms with van der Waals surface area (Å²) >= 11 is 0. The average Bonchev–Trinajstić information content (AvgIpc) is 2.93. The molecule has 0 fully saturated rings. The molecule has 4 aromatic rings. The smallest absolute Gasteiger partial charge is 0.457 e. The van der Waals surface area contributed by atoms with Gasteiger partial charge in [0.15, 0.2) is 0 Å². The highest BCUT2D eigenvalue weighted by molar-refractivity contribution is 5.73. The second kappa shape index (κ2) is 12.6. The van der Waals surface area contributed by atoms with Crippen molar-refractivity contribution in [3.8, 4) is 34.8 Å². The summed E-state index contributed by atoms with van der Waals surface area (Å²) in [6.45, 7) is 1.56. The quantitative estimate of drug-likeness (QED) is 0.124. The number of amides is 1. The summed E-state index contributed by atoms with van der Waals surface area (Å²) in [5.74, 6) is 6.88. The number of hydrogen-bond donors (Lipinski definition) is 0. The van der Waals surface area contributed by atoms with Gasteiger partial charge in [0.05, 0.1) is 0 Å². The third kappa shape index (κ3) is 7.60. The molecular weight excluding hydrogens is 489 g/mol. The van der Waals surface area contributed by atoms with E-state index in [2.05, 4.69) is 11.8 Å². The van der Waals surface area contributed by atoms with Gasteiger partial charge in [-0.3, -0.25) is 4.84 Å². The van der Waals surface area contributed by atoms with Gasteiger partial charge in [0, 0.05) is 5.56 Å². The third-order valence-corrected chi connectivity index (χ3v) is 4.91. The molecule has 0 aromatic heterocycles. The number of nitrogens with zero attached hydrogens (tertiary/aromatic N) is 1. The lowest BCUT2D eigenvalue weighted by atomic mass is 10.2. The predicted octanol–water partition coefficient (Wildman–Crippen LogP) is 6.99. The monoisotopic (exact) mass is 511 g/mol. The fraction of sp³-hybridized carbons (Fsp3) is 0.0667. The van der Waals surface area contributed by atoms with Crippen molar-refractivity contribution in [3.63, 3.8) is 0 Å². The zero-order valence-electron chi connectivity index (χ0n) is 20.2. The minimum absolute atomic E-state index is 0.241. The van der Waals surface area contributed by atoms with Crippen LogP contribution in [-0.4, -0.2) is 23.4 Å². The first kappa shape index (κ1) is 25.8. The molecule has 0 aliphatic rings. The van der Waals surface area contributed by atoms with E-state index in [1.165, 1.54) is 24.3 Å². The van der Waals surface area contributed by atoms with Crippen LogP contribution in [-0.2, 0) is 4.84 Å². The largest absolute Gasteiger partial charge is 0.539 e. The average molecular weight is 512 g/mol. The Balaban J connectivity index is 1.49. The van der Waals surface area contributed by atoms with Crippen LogP contribution in [0.25, 0.3) is 0 Å². The van der Waals surface area contributed by atoms with Gasteiger partial charge in [-0.1, -0.05) is 54.3 Å². The molecule has 0 aliphatic carbocycles. The van der Waals surface area contributed by atoms with Gasteiger partial charge in [0.2, 0.25) is 0 Å². The molecule has 0 saturated carbocycles. The van der Waals surface area contributed by atoms with E-state index in [1.54, 1.807) is 91.9 Å². The van der Waals surface area contributed by atoms with Crippen LogP contribution in [0, 0.1) is 17.7 Å². The molecule has 4 aromatic carbocycles. The SMILES string of the molecule is CC(C#Cc1cccc(Oc2ccc(F)cc2)c1)N(OC(=O)Oc1ccccc1)C(=O)Oc1ccccc1. The molecule has 38 heavy (non-hydrogen) atoms. The van der Waals surface area contributed by atoms with E-state index in [-0.39, 0.29) is 17.3 Å². The van der Waals surface area contributed by atoms with Gasteiger partial charge >= 0.3 is 12.2 Å². The second-order valence-corrected chi connectivity index (χ2v) is 7.79. The lowest BCUT2D eigenvalue weighted by Gasteiger charge is -2.22. The standard InChI is InChI=1S/C30H22FNO6/c1-22(15-16-23-9-8-14-28(21-23)35-27-19-17-24(31)18-20-27)32(29(33)36-25-10-4-2-5-11-25)38-30(34)37-26-12-6-3-7-13-26/h2-14,17-22H,1H3. The van der Waals surface area contributed by atoms with Crippen molar-refractivity contribution in [1.29, 1.82) is 0 Å². The van der Waals surface area contributed by atoms with Crippen molar-refractivity contribution in [1.82, 2.24) is 5.06 Å². The van der Waals surface area contributed by atoms with Crippen molar-refractivity contribution in [3.05, 3.63) is 121 Å². The highest BCUT2D eigenvalue weighted by Crippen LogP contribution is 2.22. The molecule has 1 amide bonds. The predicted molar refractivity (Wildman–Crippen MR) is 137 cm³/mol. The molecule has 0 saturated heterocycles. The van der Waals surface area contributed by atoms with Crippen molar-refractivity contribution in [2.45, 2.75) is 13.0 Å². The van der Waals surface area contributed by atoms with E-state index in [4.69, 9.17) is 19.0 Å². The van der Waals surface area contributed by atoms with Gasteiger partial charge in [0.1, 0.15) is 34.9 Å². The molecule has 4 rings (SSSR count). The molecule has 1 atom stereocenters. The molecule has 1 unspecified atom stereocenters. The molecular formula is C30H22FNO6. The highest BCUT2D eigenvalue weighted by atomic mass is 19.1. The molecule has 0 heterocycles. The topological polar surface area (TPSA) is 74.3 Å². The third-order valence-electron chi connectivity index (χ3n) is 4.91. The van der Waals surface area contributed by atoms with Crippen LogP contribution >= 0.6 is 0 Å². The van der Waals surface area contributed by atoms with Crippen molar-refractivity contribution < 1.29 is 33.0 Å². The summed E-state index contributed by atoms with van der Waals surface area (Å²) in [5, 5.41) is 0.699. The van der Waals surface area contributed by atoms with Gasteiger partial charge in [-0.25, -0.2) is 14.0 Å². The number of carbonyl (C=O) groups excluding carboxylic acids is 2. The normalized spacial score (nSPS) is 10.8. The number of benzene rings is 4. The van der Waals surface area contributed by atoms with Crippen LogP contribution in [0.3, 0.4) is 0 Å². The lowest BCUT2D eigenvalue weighted by molar-refractivity contribution is -0.100. The Morgan fingerprint density at radius 2 is 1.34 bits per heavy atom. The van der Waals surface area contributed by atoms with Gasteiger partial charge in [0.25, 0.3) is 0 Å². The van der Waals surface area contributed by atoms with Crippen LogP contribution in [0.4, 0.5) is 14.0 Å². The number of para-hydroxylation sites is 2. The zero-order valence-corrected chi connectivity index (χ0v) is 20.2. The summed E-state index contributed by atoms with van der Waals surface area (Å²) in [6.07, 6.45) is -2.10. The first-order valence-electron chi connectivity index (χ1n) is 11.5. The Morgan fingerprint density at radius 1 is 0.737 bits per heavy atom. The Bertz CT molecular complexity index is 1430. The van der Waals surface area contributed by atoms with E-state index < -0.39 is 18.3 Å². The van der Waals surface area contributed by atoms with Crippen molar-refractivity contribution >= 4 is 12.2 Å². The molecule has 0 radical (unpaired) electrons. The maximum absolute atomic E-state index is 13.1. The van der Waals surface area contributed by atoms with E-state index in [9.17, 15) is 14.0 Å². The molecule has 0 spiro atoms. The summed E-state index contributed by atoms with van der Waals surface area (Å²) in [6, 6.07) is 28.2. The first-order chi connectivity index (χ1) is 18.5. The summed E-state index contributed by atoms with van der Waals surface area (Å²) in [7, 11) is 0.